The molecular formula is C23H29N5O. The average Bonchev–Trinajstić information content (AvgIpc) is 3.37. The lowest BCUT2D eigenvalue weighted by atomic mass is 9.53. The largest absolute Gasteiger partial charge is 0.333 e. The van der Waals surface area contributed by atoms with Gasteiger partial charge in [0.1, 0.15) is 5.69 Å². The van der Waals surface area contributed by atoms with Gasteiger partial charge in [-0.05, 0) is 62.7 Å². The Hall–Kier alpha value is -2.37. The van der Waals surface area contributed by atoms with Crippen LogP contribution in [0.15, 0.2) is 36.5 Å². The van der Waals surface area contributed by atoms with Gasteiger partial charge in [0.2, 0.25) is 0 Å². The number of aromatic nitrogens is 3. The number of likely N-dealkylation sites (tertiary alicyclic amines) is 1. The third-order valence-corrected chi connectivity index (χ3v) is 7.81. The van der Waals surface area contributed by atoms with Gasteiger partial charge in [-0.25, -0.2) is 9.48 Å². The van der Waals surface area contributed by atoms with Crippen molar-refractivity contribution in [3.05, 3.63) is 36.5 Å². The van der Waals surface area contributed by atoms with E-state index in [1.54, 1.807) is 0 Å². The van der Waals surface area contributed by atoms with Crippen LogP contribution in [0.4, 0.5) is 4.79 Å². The zero-order chi connectivity index (χ0) is 19.4. The highest BCUT2D eigenvalue weighted by molar-refractivity contribution is 5.75. The molecule has 2 heterocycles. The normalized spacial score (nSPS) is 35.2. The lowest BCUT2D eigenvalue weighted by Crippen LogP contribution is -2.61. The number of nitrogens with zero attached hydrogens (tertiary/aromatic N) is 4. The summed E-state index contributed by atoms with van der Waals surface area (Å²) in [6.07, 6.45) is 10.7. The summed E-state index contributed by atoms with van der Waals surface area (Å²) in [6, 6.07) is 10.5. The molecule has 2 aromatic rings. The average molecular weight is 392 g/mol. The van der Waals surface area contributed by atoms with Gasteiger partial charge in [0.15, 0.2) is 0 Å². The number of benzene rings is 1. The number of hydrogen-bond acceptors (Lipinski definition) is 3. The topological polar surface area (TPSA) is 63.1 Å². The fourth-order valence-corrected chi connectivity index (χ4v) is 6.91. The van der Waals surface area contributed by atoms with Crippen molar-refractivity contribution in [1.29, 1.82) is 0 Å². The van der Waals surface area contributed by atoms with E-state index in [2.05, 4.69) is 15.6 Å². The van der Waals surface area contributed by atoms with Crippen molar-refractivity contribution < 1.29 is 4.79 Å². The minimum atomic E-state index is 0.0810. The number of carbonyl (C=O) groups is 1. The molecule has 4 saturated carbocycles. The Kier molecular flexibility index (Phi) is 3.96. The first-order valence-electron chi connectivity index (χ1n) is 11.2. The summed E-state index contributed by atoms with van der Waals surface area (Å²) in [5.41, 5.74) is 2.05. The molecule has 2 amide bonds. The van der Waals surface area contributed by atoms with Crippen molar-refractivity contribution in [3.8, 4) is 11.3 Å². The van der Waals surface area contributed by atoms with E-state index in [0.717, 1.165) is 48.5 Å². The van der Waals surface area contributed by atoms with E-state index in [1.165, 1.54) is 38.5 Å². The van der Waals surface area contributed by atoms with Crippen molar-refractivity contribution in [3.63, 3.8) is 0 Å². The molecule has 0 spiro atoms. The molecule has 1 atom stereocenters. The molecule has 6 heteroatoms. The molecule has 1 saturated heterocycles. The second-order valence-electron chi connectivity index (χ2n) is 9.97. The predicted molar refractivity (Wildman–Crippen MR) is 110 cm³/mol. The van der Waals surface area contributed by atoms with E-state index < -0.39 is 0 Å². The maximum Gasteiger partial charge on any atom is 0.317 e. The van der Waals surface area contributed by atoms with E-state index in [9.17, 15) is 4.79 Å². The molecule has 5 fully saturated rings. The van der Waals surface area contributed by atoms with Crippen LogP contribution in [0, 0.1) is 17.8 Å². The maximum absolute atomic E-state index is 13.1. The Bertz CT molecular complexity index is 872. The first-order chi connectivity index (χ1) is 14.2. The molecule has 1 aromatic carbocycles. The quantitative estimate of drug-likeness (QED) is 0.864. The van der Waals surface area contributed by atoms with Gasteiger partial charge in [-0.15, -0.1) is 5.10 Å². The summed E-state index contributed by atoms with van der Waals surface area (Å²) < 4.78 is 1.94. The van der Waals surface area contributed by atoms with E-state index in [-0.39, 0.29) is 17.6 Å². The number of hydrogen-bond donors (Lipinski definition) is 1. The Morgan fingerprint density at radius 3 is 2.41 bits per heavy atom. The van der Waals surface area contributed by atoms with Crippen LogP contribution in [0.25, 0.3) is 11.3 Å². The molecule has 1 aromatic heterocycles. The Morgan fingerprint density at radius 1 is 1.03 bits per heavy atom. The van der Waals surface area contributed by atoms with Crippen molar-refractivity contribution in [2.75, 3.05) is 13.1 Å². The molecule has 1 N–H and O–H groups in total. The van der Waals surface area contributed by atoms with Crippen LogP contribution in [0.3, 0.4) is 0 Å². The van der Waals surface area contributed by atoms with Crippen molar-refractivity contribution in [2.24, 2.45) is 17.8 Å². The number of rotatable bonds is 3. The van der Waals surface area contributed by atoms with Crippen LogP contribution in [0.1, 0.15) is 51.0 Å². The van der Waals surface area contributed by atoms with Crippen LogP contribution in [0.5, 0.6) is 0 Å². The van der Waals surface area contributed by atoms with E-state index in [0.29, 0.717) is 0 Å². The molecule has 5 aliphatic rings. The fraction of sp³-hybridized carbons (Fsp3) is 0.609. The molecule has 4 bridgehead atoms. The van der Waals surface area contributed by atoms with Gasteiger partial charge in [0, 0.05) is 24.2 Å². The number of amides is 2. The van der Waals surface area contributed by atoms with Crippen LogP contribution in [-0.2, 0) is 0 Å². The minimum absolute atomic E-state index is 0.0810. The standard InChI is InChI=1S/C23H29N5O/c29-22(24-23-11-16-8-17(12-23)10-18(9-16)13-23)27-7-6-20(14-27)28-15-21(25-26-28)19-4-2-1-3-5-19/h1-5,15-18,20H,6-14H2,(H,24,29). The van der Waals surface area contributed by atoms with Crippen molar-refractivity contribution in [1.82, 2.24) is 25.2 Å². The highest BCUT2D eigenvalue weighted by Crippen LogP contribution is 2.55. The zero-order valence-corrected chi connectivity index (χ0v) is 16.8. The highest BCUT2D eigenvalue weighted by Gasteiger charge is 2.52. The van der Waals surface area contributed by atoms with Gasteiger partial charge < -0.3 is 10.2 Å². The zero-order valence-electron chi connectivity index (χ0n) is 16.8. The fourth-order valence-electron chi connectivity index (χ4n) is 6.91. The molecule has 1 unspecified atom stereocenters. The van der Waals surface area contributed by atoms with Gasteiger partial charge in [-0.3, -0.25) is 0 Å². The lowest BCUT2D eigenvalue weighted by Gasteiger charge is -2.57. The first kappa shape index (κ1) is 17.5. The third kappa shape index (κ3) is 3.13. The Labute approximate surface area is 171 Å². The van der Waals surface area contributed by atoms with Gasteiger partial charge in [0.25, 0.3) is 0 Å². The van der Waals surface area contributed by atoms with E-state index >= 15 is 0 Å². The molecule has 0 radical (unpaired) electrons. The summed E-state index contributed by atoms with van der Waals surface area (Å²) in [6.45, 7) is 1.51. The Balaban J connectivity index is 1.11. The van der Waals surface area contributed by atoms with Crippen LogP contribution < -0.4 is 5.32 Å². The maximum atomic E-state index is 13.1. The lowest BCUT2D eigenvalue weighted by molar-refractivity contribution is -0.0153. The van der Waals surface area contributed by atoms with Crippen LogP contribution in [-0.4, -0.2) is 44.6 Å². The van der Waals surface area contributed by atoms with Crippen molar-refractivity contribution >= 4 is 6.03 Å². The highest BCUT2D eigenvalue weighted by atomic mass is 16.2. The molecule has 7 rings (SSSR count). The number of urea groups is 1. The van der Waals surface area contributed by atoms with Crippen LogP contribution >= 0.6 is 0 Å². The second-order valence-corrected chi connectivity index (χ2v) is 9.97. The van der Waals surface area contributed by atoms with E-state index in [4.69, 9.17) is 0 Å². The Morgan fingerprint density at radius 2 is 1.72 bits per heavy atom. The van der Waals surface area contributed by atoms with Gasteiger partial charge in [-0.2, -0.15) is 0 Å². The summed E-state index contributed by atoms with van der Waals surface area (Å²) in [5, 5.41) is 12.2. The van der Waals surface area contributed by atoms with E-state index in [1.807, 2.05) is 46.1 Å². The minimum Gasteiger partial charge on any atom is -0.333 e. The number of nitrogens with one attached hydrogen (secondary N) is 1. The molecule has 4 aliphatic carbocycles. The SMILES string of the molecule is O=C(NC12CC3CC(CC(C3)C1)C2)N1CCC(n2cc(-c3ccccc3)nn2)C1. The molecule has 152 valence electrons. The number of carbonyl (C=O) groups excluding carboxylic acids is 1. The first-order valence-corrected chi connectivity index (χ1v) is 11.2. The van der Waals surface area contributed by atoms with Crippen molar-refractivity contribution in [2.45, 2.75) is 56.5 Å². The molecule has 6 nitrogen and oxygen atoms in total. The third-order valence-electron chi connectivity index (χ3n) is 7.81. The van der Waals surface area contributed by atoms with Gasteiger partial charge in [0.05, 0.1) is 12.2 Å². The van der Waals surface area contributed by atoms with Gasteiger partial charge >= 0.3 is 6.03 Å². The summed E-state index contributed by atoms with van der Waals surface area (Å²) in [5.74, 6) is 2.54. The predicted octanol–water partition coefficient (Wildman–Crippen LogP) is 3.87. The summed E-state index contributed by atoms with van der Waals surface area (Å²) in [7, 11) is 0. The summed E-state index contributed by atoms with van der Waals surface area (Å²) in [4.78, 5) is 15.1. The smallest absolute Gasteiger partial charge is 0.317 e. The summed E-state index contributed by atoms with van der Waals surface area (Å²) >= 11 is 0. The van der Waals surface area contributed by atoms with Crippen LogP contribution in [0.2, 0.25) is 0 Å². The van der Waals surface area contributed by atoms with Gasteiger partial charge in [-0.1, -0.05) is 35.5 Å². The molecule has 1 aliphatic heterocycles. The molecular weight excluding hydrogens is 362 g/mol. The monoisotopic (exact) mass is 391 g/mol. The second kappa shape index (κ2) is 6.57. The molecule has 29 heavy (non-hydrogen) atoms.